The first-order chi connectivity index (χ1) is 12.6. The van der Waals surface area contributed by atoms with Crippen LogP contribution in [0.15, 0.2) is 42.5 Å². The maximum atomic E-state index is 10.6. The summed E-state index contributed by atoms with van der Waals surface area (Å²) in [6.07, 6.45) is -4.92. The molecule has 1 aliphatic heterocycles. The van der Waals surface area contributed by atoms with Crippen LogP contribution in [-0.4, -0.2) is 36.4 Å². The summed E-state index contributed by atoms with van der Waals surface area (Å²) in [6, 6.07) is 12.5. The van der Waals surface area contributed by atoms with Crippen LogP contribution in [0.3, 0.4) is 0 Å². The van der Waals surface area contributed by atoms with Gasteiger partial charge in [-0.15, -0.1) is 0 Å². The van der Waals surface area contributed by atoms with Crippen molar-refractivity contribution >= 4 is 29.2 Å². The Balaban J connectivity index is 0.000000321. The molecule has 0 unspecified atom stereocenters. The monoisotopic (exact) mass is 423 g/mol. The summed E-state index contributed by atoms with van der Waals surface area (Å²) in [4.78, 5) is 8.90. The quantitative estimate of drug-likeness (QED) is 0.741. The van der Waals surface area contributed by atoms with Crippen LogP contribution in [0, 0.1) is 0 Å². The van der Waals surface area contributed by atoms with Gasteiger partial charge in [0.05, 0.1) is 0 Å². The van der Waals surface area contributed by atoms with Gasteiger partial charge in [0.15, 0.2) is 11.5 Å². The average Bonchev–Trinajstić information content (AvgIpc) is 2.55. The Kier molecular flexibility index (Phi) is 7.18. The number of carbonyl (C=O) groups is 1. The van der Waals surface area contributed by atoms with E-state index in [1.807, 2.05) is 12.1 Å². The van der Waals surface area contributed by atoms with Crippen molar-refractivity contribution in [3.63, 3.8) is 0 Å². The summed E-state index contributed by atoms with van der Waals surface area (Å²) < 4.78 is 43.4. The zero-order valence-corrected chi connectivity index (χ0v) is 15.1. The lowest BCUT2D eigenvalue weighted by Crippen LogP contribution is -2.50. The van der Waals surface area contributed by atoms with Crippen LogP contribution in [0.5, 0.6) is 17.2 Å². The lowest BCUT2D eigenvalue weighted by atomic mass is 10.2. The second-order valence-corrected chi connectivity index (χ2v) is 6.22. The molecule has 0 atom stereocenters. The molecule has 0 saturated carbocycles. The fraction of sp³-hybridized carbons (Fsp3) is 0.235. The normalized spacial score (nSPS) is 13.8. The number of hydrogen-bond donors (Lipinski definition) is 2. The lowest BCUT2D eigenvalue weighted by molar-refractivity contribution is -0.192. The predicted molar refractivity (Wildman–Crippen MR) is 94.0 cm³/mol. The molecular formula is C17H14Cl2F3NO4. The van der Waals surface area contributed by atoms with Crippen molar-refractivity contribution < 1.29 is 32.5 Å². The Morgan fingerprint density at radius 3 is 2.07 bits per heavy atom. The standard InChI is InChI=1S/C15H13Cl2NO2.C2HF3O2/c16-10-1-4-12(5-2-10)19-14-6-3-11(17)7-15(14)20-13-8-18-9-13;3-2(4,5)1(6)7/h1-7,13,18H,8-9H2;(H,6,7). The van der Waals surface area contributed by atoms with Crippen molar-refractivity contribution in [2.24, 2.45) is 0 Å². The van der Waals surface area contributed by atoms with Gasteiger partial charge >= 0.3 is 12.1 Å². The molecule has 1 heterocycles. The molecule has 1 fully saturated rings. The van der Waals surface area contributed by atoms with Crippen molar-refractivity contribution in [1.82, 2.24) is 5.32 Å². The lowest BCUT2D eigenvalue weighted by Gasteiger charge is -2.28. The van der Waals surface area contributed by atoms with E-state index in [4.69, 9.17) is 42.6 Å². The predicted octanol–water partition coefficient (Wildman–Crippen LogP) is 4.77. The van der Waals surface area contributed by atoms with Crippen LogP contribution in [0.1, 0.15) is 0 Å². The minimum absolute atomic E-state index is 0.168. The molecule has 146 valence electrons. The highest BCUT2D eigenvalue weighted by atomic mass is 35.5. The Morgan fingerprint density at radius 1 is 1.04 bits per heavy atom. The maximum Gasteiger partial charge on any atom is 0.490 e. The van der Waals surface area contributed by atoms with E-state index in [0.717, 1.165) is 13.1 Å². The molecule has 2 aromatic carbocycles. The number of benzene rings is 2. The molecule has 1 aliphatic rings. The van der Waals surface area contributed by atoms with Gasteiger partial charge in [0.25, 0.3) is 0 Å². The van der Waals surface area contributed by atoms with E-state index in [1.54, 1.807) is 30.3 Å². The van der Waals surface area contributed by atoms with Crippen LogP contribution >= 0.6 is 23.2 Å². The summed E-state index contributed by atoms with van der Waals surface area (Å²) >= 11 is 11.9. The van der Waals surface area contributed by atoms with Crippen molar-refractivity contribution in [2.75, 3.05) is 13.1 Å². The van der Waals surface area contributed by atoms with E-state index in [2.05, 4.69) is 5.32 Å². The largest absolute Gasteiger partial charge is 0.490 e. The highest BCUT2D eigenvalue weighted by Crippen LogP contribution is 2.35. The molecule has 27 heavy (non-hydrogen) atoms. The van der Waals surface area contributed by atoms with E-state index in [1.165, 1.54) is 0 Å². The Labute approximate surface area is 162 Å². The highest BCUT2D eigenvalue weighted by Gasteiger charge is 2.38. The minimum atomic E-state index is -5.08. The summed E-state index contributed by atoms with van der Waals surface area (Å²) in [7, 11) is 0. The molecule has 10 heteroatoms. The SMILES string of the molecule is Clc1ccc(Oc2ccc(Cl)cc2OC2CNC2)cc1.O=C(O)C(F)(F)F. The fourth-order valence-electron chi connectivity index (χ4n) is 1.81. The van der Waals surface area contributed by atoms with Gasteiger partial charge in [-0.2, -0.15) is 13.2 Å². The molecular weight excluding hydrogens is 410 g/mol. The molecule has 2 aromatic rings. The topological polar surface area (TPSA) is 67.8 Å². The molecule has 0 amide bonds. The fourth-order valence-corrected chi connectivity index (χ4v) is 2.10. The van der Waals surface area contributed by atoms with Crippen LogP contribution in [0.4, 0.5) is 13.2 Å². The van der Waals surface area contributed by atoms with Crippen molar-refractivity contribution in [1.29, 1.82) is 0 Å². The zero-order chi connectivity index (χ0) is 20.0. The number of halogens is 5. The Hall–Kier alpha value is -2.16. The molecule has 5 nitrogen and oxygen atoms in total. The summed E-state index contributed by atoms with van der Waals surface area (Å²) in [5.41, 5.74) is 0. The molecule has 0 aliphatic carbocycles. The van der Waals surface area contributed by atoms with Gasteiger partial charge in [0, 0.05) is 29.2 Å². The first kappa shape index (κ1) is 21.1. The second kappa shape index (κ2) is 9.16. The van der Waals surface area contributed by atoms with E-state index in [-0.39, 0.29) is 6.10 Å². The Morgan fingerprint density at radius 2 is 1.59 bits per heavy atom. The van der Waals surface area contributed by atoms with E-state index >= 15 is 0 Å². The highest BCUT2D eigenvalue weighted by molar-refractivity contribution is 6.31. The first-order valence-electron chi connectivity index (χ1n) is 7.55. The number of aliphatic carboxylic acids is 1. The number of carboxylic acids is 1. The molecule has 2 N–H and O–H groups in total. The van der Waals surface area contributed by atoms with Gasteiger partial charge in [-0.3, -0.25) is 0 Å². The van der Waals surface area contributed by atoms with Gasteiger partial charge < -0.3 is 19.9 Å². The summed E-state index contributed by atoms with van der Waals surface area (Å²) in [6.45, 7) is 1.68. The third-order valence-corrected chi connectivity index (χ3v) is 3.71. The zero-order valence-electron chi connectivity index (χ0n) is 13.6. The maximum absolute atomic E-state index is 10.6. The number of carboxylic acid groups (broad SMARTS) is 1. The smallest absolute Gasteiger partial charge is 0.484 e. The number of nitrogens with one attached hydrogen (secondary N) is 1. The van der Waals surface area contributed by atoms with Gasteiger partial charge in [-0.1, -0.05) is 23.2 Å². The molecule has 0 radical (unpaired) electrons. The molecule has 0 aromatic heterocycles. The molecule has 1 saturated heterocycles. The van der Waals surface area contributed by atoms with E-state index < -0.39 is 12.1 Å². The third-order valence-electron chi connectivity index (χ3n) is 3.23. The Bertz CT molecular complexity index is 781. The van der Waals surface area contributed by atoms with Crippen LogP contribution in [0.25, 0.3) is 0 Å². The molecule has 0 bridgehead atoms. The number of hydrogen-bond acceptors (Lipinski definition) is 4. The minimum Gasteiger partial charge on any atom is -0.484 e. The van der Waals surface area contributed by atoms with Crippen molar-refractivity contribution in [2.45, 2.75) is 12.3 Å². The van der Waals surface area contributed by atoms with Gasteiger partial charge in [-0.05, 0) is 36.4 Å². The van der Waals surface area contributed by atoms with Crippen LogP contribution in [0.2, 0.25) is 10.0 Å². The summed E-state index contributed by atoms with van der Waals surface area (Å²) in [5.74, 6) is -0.761. The number of rotatable bonds is 4. The average molecular weight is 424 g/mol. The molecule has 0 spiro atoms. The summed E-state index contributed by atoms with van der Waals surface area (Å²) in [5, 5.41) is 11.6. The van der Waals surface area contributed by atoms with Crippen LogP contribution < -0.4 is 14.8 Å². The number of alkyl halides is 3. The van der Waals surface area contributed by atoms with Crippen molar-refractivity contribution in [3.05, 3.63) is 52.5 Å². The first-order valence-corrected chi connectivity index (χ1v) is 8.31. The third kappa shape index (κ3) is 6.82. The van der Waals surface area contributed by atoms with E-state index in [9.17, 15) is 13.2 Å². The van der Waals surface area contributed by atoms with Gasteiger partial charge in [0.1, 0.15) is 11.9 Å². The molecule has 3 rings (SSSR count). The van der Waals surface area contributed by atoms with Gasteiger partial charge in [-0.25, -0.2) is 4.79 Å². The van der Waals surface area contributed by atoms with Crippen molar-refractivity contribution in [3.8, 4) is 17.2 Å². The van der Waals surface area contributed by atoms with Gasteiger partial charge in [0.2, 0.25) is 0 Å². The van der Waals surface area contributed by atoms with Crippen LogP contribution in [-0.2, 0) is 4.79 Å². The number of ether oxygens (including phenoxy) is 2. The van der Waals surface area contributed by atoms with E-state index in [0.29, 0.717) is 27.3 Å². The second-order valence-electron chi connectivity index (χ2n) is 5.35.